The van der Waals surface area contributed by atoms with Gasteiger partial charge in [0, 0.05) is 0 Å². The Morgan fingerprint density at radius 3 is 1.52 bits per heavy atom. The second-order valence-electron chi connectivity index (χ2n) is 10.5. The van der Waals surface area contributed by atoms with Crippen LogP contribution in [0.1, 0.15) is 22.3 Å². The molecule has 0 bridgehead atoms. The van der Waals surface area contributed by atoms with E-state index in [1.807, 2.05) is 121 Å². The lowest BCUT2D eigenvalue weighted by Gasteiger charge is -2.43. The molecular formula is C37H38O7. The zero-order chi connectivity index (χ0) is 30.4. The van der Waals surface area contributed by atoms with Crippen LogP contribution in [-0.2, 0) is 59.6 Å². The maximum Gasteiger partial charge on any atom is 0.333 e. The second-order valence-corrected chi connectivity index (χ2v) is 10.5. The summed E-state index contributed by atoms with van der Waals surface area (Å²) in [7, 11) is 1.33. The van der Waals surface area contributed by atoms with Crippen molar-refractivity contribution in [3.63, 3.8) is 0 Å². The molecule has 0 spiro atoms. The average molecular weight is 595 g/mol. The van der Waals surface area contributed by atoms with E-state index in [2.05, 4.69) is 0 Å². The van der Waals surface area contributed by atoms with Crippen molar-refractivity contribution in [2.75, 3.05) is 13.7 Å². The van der Waals surface area contributed by atoms with Gasteiger partial charge >= 0.3 is 5.97 Å². The zero-order valence-electron chi connectivity index (χ0n) is 24.8. The summed E-state index contributed by atoms with van der Waals surface area (Å²) in [6, 6.07) is 39.6. The molecule has 228 valence electrons. The molecule has 0 amide bonds. The Kier molecular flexibility index (Phi) is 11.7. The zero-order valence-corrected chi connectivity index (χ0v) is 24.8. The van der Waals surface area contributed by atoms with Gasteiger partial charge in [-0.1, -0.05) is 121 Å². The van der Waals surface area contributed by atoms with Crippen molar-refractivity contribution in [1.29, 1.82) is 0 Å². The van der Waals surface area contributed by atoms with E-state index < -0.39 is 30.4 Å². The van der Waals surface area contributed by atoms with Crippen molar-refractivity contribution in [2.45, 2.75) is 50.8 Å². The average Bonchev–Trinajstić information content (AvgIpc) is 3.08. The van der Waals surface area contributed by atoms with Crippen molar-refractivity contribution in [3.05, 3.63) is 155 Å². The van der Waals surface area contributed by atoms with Gasteiger partial charge in [-0.25, -0.2) is 4.79 Å². The van der Waals surface area contributed by atoms with Gasteiger partial charge < -0.3 is 28.4 Å². The normalized spacial score (nSPS) is 20.6. The van der Waals surface area contributed by atoms with Gasteiger partial charge in [-0.3, -0.25) is 0 Å². The predicted octanol–water partition coefficient (Wildman–Crippen LogP) is 6.42. The number of benzene rings is 4. The fourth-order valence-electron chi connectivity index (χ4n) is 5.00. The number of methoxy groups -OCH3 is 1. The lowest BCUT2D eigenvalue weighted by molar-refractivity contribution is -0.223. The van der Waals surface area contributed by atoms with E-state index in [4.69, 9.17) is 28.4 Å². The molecule has 5 rings (SSSR count). The van der Waals surface area contributed by atoms with Crippen LogP contribution in [0.4, 0.5) is 0 Å². The van der Waals surface area contributed by atoms with E-state index in [0.29, 0.717) is 25.6 Å². The van der Waals surface area contributed by atoms with Gasteiger partial charge in [0.05, 0.1) is 46.2 Å². The molecule has 7 nitrogen and oxygen atoms in total. The molecule has 1 heterocycles. The van der Waals surface area contributed by atoms with Gasteiger partial charge in [-0.15, -0.1) is 0 Å². The number of carbonyl (C=O) groups is 1. The molecule has 44 heavy (non-hydrogen) atoms. The quantitative estimate of drug-likeness (QED) is 0.123. The fourth-order valence-corrected chi connectivity index (χ4v) is 5.00. The molecule has 1 fully saturated rings. The van der Waals surface area contributed by atoms with Crippen LogP contribution in [-0.4, -0.2) is 44.1 Å². The maximum absolute atomic E-state index is 12.5. The summed E-state index contributed by atoms with van der Waals surface area (Å²) in [6.45, 7) is 1.51. The summed E-state index contributed by atoms with van der Waals surface area (Å²) in [5.74, 6) is -0.249. The highest BCUT2D eigenvalue weighted by Gasteiger charge is 2.47. The van der Waals surface area contributed by atoms with Crippen molar-refractivity contribution < 1.29 is 33.2 Å². The molecule has 0 saturated carbocycles. The van der Waals surface area contributed by atoms with Gasteiger partial charge in [0.25, 0.3) is 0 Å². The van der Waals surface area contributed by atoms with Crippen molar-refractivity contribution >= 4 is 5.97 Å². The van der Waals surface area contributed by atoms with Crippen LogP contribution in [0.2, 0.25) is 0 Å². The smallest absolute Gasteiger partial charge is 0.333 e. The van der Waals surface area contributed by atoms with Gasteiger partial charge in [-0.2, -0.15) is 0 Å². The lowest BCUT2D eigenvalue weighted by atomic mass is 9.96. The molecule has 4 atom stereocenters. The second kappa shape index (κ2) is 16.5. The first-order valence-corrected chi connectivity index (χ1v) is 14.7. The van der Waals surface area contributed by atoms with E-state index in [1.54, 1.807) is 0 Å². The fraction of sp³-hybridized carbons (Fsp3) is 0.270. The Morgan fingerprint density at radius 1 is 0.614 bits per heavy atom. The Bertz CT molecular complexity index is 1430. The molecule has 7 heteroatoms. The third-order valence-corrected chi connectivity index (χ3v) is 7.25. The highest BCUT2D eigenvalue weighted by atomic mass is 16.6. The monoisotopic (exact) mass is 594 g/mol. The third kappa shape index (κ3) is 9.11. The molecular weight excluding hydrogens is 556 g/mol. The topological polar surface area (TPSA) is 72.5 Å². The maximum atomic E-state index is 12.5. The highest BCUT2D eigenvalue weighted by molar-refractivity contribution is 5.82. The molecule has 1 aliphatic heterocycles. The standard InChI is InChI=1S/C37H38O7/c1-39-34(38)22-32-35(41-24-29-16-8-3-9-17-29)37(43-26-31-20-12-5-13-21-31)36(42-25-30-18-10-4-11-19-30)33(44-32)27-40-23-28-14-6-2-7-15-28/h2-22,33,35-37H,23-27H2,1H3/b32-22-/t33-,35+,36+,37-/m1/s1. The minimum atomic E-state index is -0.760. The van der Waals surface area contributed by atoms with E-state index in [0.717, 1.165) is 22.3 Å². The number of hydrogen-bond donors (Lipinski definition) is 0. The molecule has 0 unspecified atom stereocenters. The summed E-state index contributed by atoms with van der Waals surface area (Å²) in [5, 5.41) is 0. The molecule has 4 aromatic rings. The van der Waals surface area contributed by atoms with Crippen LogP contribution in [0.5, 0.6) is 0 Å². The largest absolute Gasteiger partial charge is 0.486 e. The first kappa shape index (κ1) is 31.2. The van der Waals surface area contributed by atoms with Crippen molar-refractivity contribution in [2.24, 2.45) is 0 Å². The number of carbonyl (C=O) groups excluding carboxylic acids is 1. The number of hydrogen-bond acceptors (Lipinski definition) is 7. The SMILES string of the molecule is COC(=O)/C=C1\O[C@H](COCc2ccccc2)[C@H](OCc2ccccc2)[C@H](OCc2ccccc2)[C@H]1OCc1ccccc1. The van der Waals surface area contributed by atoms with Crippen molar-refractivity contribution in [1.82, 2.24) is 0 Å². The first-order chi connectivity index (χ1) is 21.7. The number of rotatable bonds is 14. The molecule has 0 aromatic heterocycles. The minimum absolute atomic E-state index is 0.198. The summed E-state index contributed by atoms with van der Waals surface area (Å²) < 4.78 is 37.3. The van der Waals surface area contributed by atoms with Crippen LogP contribution in [0.3, 0.4) is 0 Å². The molecule has 1 saturated heterocycles. The lowest BCUT2D eigenvalue weighted by Crippen LogP contribution is -2.56. The Morgan fingerprint density at radius 2 is 1.05 bits per heavy atom. The Labute approximate surface area is 258 Å². The van der Waals surface area contributed by atoms with Crippen LogP contribution in [0.25, 0.3) is 0 Å². The van der Waals surface area contributed by atoms with Gasteiger partial charge in [0.1, 0.15) is 24.1 Å². The molecule has 0 N–H and O–H groups in total. The minimum Gasteiger partial charge on any atom is -0.486 e. The summed E-state index contributed by atoms with van der Waals surface area (Å²) in [5.41, 5.74) is 4.02. The Balaban J connectivity index is 1.46. The predicted molar refractivity (Wildman–Crippen MR) is 166 cm³/mol. The van der Waals surface area contributed by atoms with Gasteiger partial charge in [0.15, 0.2) is 6.10 Å². The van der Waals surface area contributed by atoms with Crippen LogP contribution in [0, 0.1) is 0 Å². The summed E-state index contributed by atoms with van der Waals surface area (Å²) >= 11 is 0. The van der Waals surface area contributed by atoms with E-state index in [9.17, 15) is 4.79 Å². The number of esters is 1. The van der Waals surface area contributed by atoms with E-state index in [1.165, 1.54) is 13.2 Å². The van der Waals surface area contributed by atoms with E-state index in [-0.39, 0.29) is 13.2 Å². The first-order valence-electron chi connectivity index (χ1n) is 14.7. The molecule has 4 aromatic carbocycles. The van der Waals surface area contributed by atoms with E-state index >= 15 is 0 Å². The molecule has 0 radical (unpaired) electrons. The summed E-state index contributed by atoms with van der Waals surface area (Å²) in [4.78, 5) is 12.5. The highest BCUT2D eigenvalue weighted by Crippen LogP contribution is 2.33. The summed E-state index contributed by atoms with van der Waals surface area (Å²) in [6.07, 6.45) is -1.27. The van der Waals surface area contributed by atoms with Crippen LogP contribution in [0.15, 0.2) is 133 Å². The van der Waals surface area contributed by atoms with Gasteiger partial charge in [-0.05, 0) is 22.3 Å². The molecule has 0 aliphatic carbocycles. The Hall–Kier alpha value is -4.27. The third-order valence-electron chi connectivity index (χ3n) is 7.25. The van der Waals surface area contributed by atoms with Crippen LogP contribution < -0.4 is 0 Å². The number of ether oxygens (including phenoxy) is 6. The van der Waals surface area contributed by atoms with Crippen molar-refractivity contribution in [3.8, 4) is 0 Å². The van der Waals surface area contributed by atoms with Crippen LogP contribution >= 0.6 is 0 Å². The molecule has 1 aliphatic rings. The van der Waals surface area contributed by atoms with Gasteiger partial charge in [0.2, 0.25) is 0 Å².